The molecule has 0 aliphatic heterocycles. The van der Waals surface area contributed by atoms with Gasteiger partial charge in [-0.15, -0.1) is 0 Å². The fourth-order valence-corrected chi connectivity index (χ4v) is 3.13. The van der Waals surface area contributed by atoms with Crippen molar-refractivity contribution < 1.29 is 14.4 Å². The number of hydrogen-bond acceptors (Lipinski definition) is 1. The molecule has 0 aliphatic rings. The summed E-state index contributed by atoms with van der Waals surface area (Å²) in [7, 11) is -4.28. The van der Waals surface area contributed by atoms with E-state index in [-0.39, 0.29) is 5.30 Å². The molecule has 0 atom stereocenters. The minimum absolute atomic E-state index is 0.0651. The van der Waals surface area contributed by atoms with Gasteiger partial charge in [0, 0.05) is 0 Å². The summed E-state index contributed by atoms with van der Waals surface area (Å²) in [6.45, 7) is 0. The molecule has 0 aromatic heterocycles. The van der Waals surface area contributed by atoms with E-state index in [1.807, 2.05) is 42.5 Å². The van der Waals surface area contributed by atoms with E-state index in [9.17, 15) is 14.4 Å². The molecule has 3 nitrogen and oxygen atoms in total. The third-order valence-electron chi connectivity index (χ3n) is 3.28. The largest absolute Gasteiger partial charge is 0.356 e. The Morgan fingerprint density at radius 1 is 0.750 bits per heavy atom. The number of rotatable bonds is 2. The highest BCUT2D eigenvalue weighted by molar-refractivity contribution is 7.60. The molecule has 0 heterocycles. The number of fused-ring (bicyclic) bond motifs is 1. The molecule has 0 spiro atoms. The molecule has 0 unspecified atom stereocenters. The zero-order valence-corrected chi connectivity index (χ0v) is 11.5. The van der Waals surface area contributed by atoms with Crippen LogP contribution < -0.4 is 5.30 Å². The zero-order chi connectivity index (χ0) is 14.2. The van der Waals surface area contributed by atoms with E-state index in [1.165, 1.54) is 6.07 Å². The number of benzene rings is 3. The summed E-state index contributed by atoms with van der Waals surface area (Å²) in [5, 5.41) is 2.21. The van der Waals surface area contributed by atoms with Crippen molar-refractivity contribution in [1.29, 1.82) is 0 Å². The van der Waals surface area contributed by atoms with Crippen LogP contribution in [-0.4, -0.2) is 9.79 Å². The number of hydrogen-bond donors (Lipinski definition) is 2. The average Bonchev–Trinajstić information content (AvgIpc) is 2.46. The predicted molar refractivity (Wildman–Crippen MR) is 81.1 cm³/mol. The molecule has 3 aromatic rings. The van der Waals surface area contributed by atoms with E-state index < -0.39 is 7.60 Å². The van der Waals surface area contributed by atoms with Gasteiger partial charge in [-0.25, -0.2) is 0 Å². The van der Waals surface area contributed by atoms with Gasteiger partial charge in [-0.3, -0.25) is 4.57 Å². The highest BCUT2D eigenvalue weighted by Gasteiger charge is 2.21. The van der Waals surface area contributed by atoms with E-state index >= 15 is 0 Å². The van der Waals surface area contributed by atoms with Gasteiger partial charge in [0.05, 0.1) is 5.30 Å². The Labute approximate surface area is 116 Å². The zero-order valence-electron chi connectivity index (χ0n) is 10.6. The van der Waals surface area contributed by atoms with Crippen molar-refractivity contribution in [3.8, 4) is 11.1 Å². The van der Waals surface area contributed by atoms with Crippen LogP contribution in [0.4, 0.5) is 0 Å². The molecule has 0 radical (unpaired) electrons. The molecule has 4 heteroatoms. The monoisotopic (exact) mass is 284 g/mol. The van der Waals surface area contributed by atoms with Gasteiger partial charge >= 0.3 is 7.60 Å². The Kier molecular flexibility index (Phi) is 3.19. The minimum atomic E-state index is -4.28. The van der Waals surface area contributed by atoms with Gasteiger partial charge in [0.25, 0.3) is 0 Å². The topological polar surface area (TPSA) is 57.5 Å². The second-order valence-electron chi connectivity index (χ2n) is 4.62. The van der Waals surface area contributed by atoms with Crippen LogP contribution in [0.2, 0.25) is 0 Å². The maximum absolute atomic E-state index is 11.6. The minimum Gasteiger partial charge on any atom is -0.321 e. The average molecular weight is 284 g/mol. The first-order chi connectivity index (χ1) is 9.55. The lowest BCUT2D eigenvalue weighted by Crippen LogP contribution is -2.07. The Morgan fingerprint density at radius 3 is 2.15 bits per heavy atom. The van der Waals surface area contributed by atoms with E-state index in [1.54, 1.807) is 18.2 Å². The SMILES string of the molecule is O=P(O)(O)c1ccccc1-c1ccc2ccccc2c1. The van der Waals surface area contributed by atoms with Gasteiger partial charge in [-0.2, -0.15) is 0 Å². The maximum Gasteiger partial charge on any atom is 0.356 e. The van der Waals surface area contributed by atoms with Crippen molar-refractivity contribution in [1.82, 2.24) is 0 Å². The van der Waals surface area contributed by atoms with Crippen LogP contribution in [0.15, 0.2) is 66.7 Å². The van der Waals surface area contributed by atoms with Gasteiger partial charge in [0.2, 0.25) is 0 Å². The van der Waals surface area contributed by atoms with Crippen molar-refractivity contribution in [3.63, 3.8) is 0 Å². The van der Waals surface area contributed by atoms with E-state index in [0.717, 1.165) is 16.3 Å². The van der Waals surface area contributed by atoms with Gasteiger partial charge in [0.1, 0.15) is 0 Å². The maximum atomic E-state index is 11.6. The van der Waals surface area contributed by atoms with Crippen molar-refractivity contribution >= 4 is 23.7 Å². The highest BCUT2D eigenvalue weighted by Crippen LogP contribution is 2.38. The van der Waals surface area contributed by atoms with Crippen molar-refractivity contribution in [3.05, 3.63) is 66.7 Å². The molecule has 3 aromatic carbocycles. The van der Waals surface area contributed by atoms with Gasteiger partial charge in [0.15, 0.2) is 0 Å². The van der Waals surface area contributed by atoms with Gasteiger partial charge in [-0.1, -0.05) is 54.6 Å². The van der Waals surface area contributed by atoms with E-state index in [0.29, 0.717) is 5.56 Å². The first kappa shape index (κ1) is 13.1. The highest BCUT2D eigenvalue weighted by atomic mass is 31.2. The standard InChI is InChI=1S/C16H13O3P/c17-20(18,19)16-8-4-3-7-15(16)14-10-9-12-5-1-2-6-13(12)11-14/h1-11H,(H2,17,18,19). The molecule has 20 heavy (non-hydrogen) atoms. The summed E-state index contributed by atoms with van der Waals surface area (Å²) >= 11 is 0. The van der Waals surface area contributed by atoms with E-state index in [4.69, 9.17) is 0 Å². The second-order valence-corrected chi connectivity index (χ2v) is 6.19. The second kappa shape index (κ2) is 4.88. The van der Waals surface area contributed by atoms with Crippen LogP contribution >= 0.6 is 7.60 Å². The summed E-state index contributed by atoms with van der Waals surface area (Å²) in [5.41, 5.74) is 1.38. The van der Waals surface area contributed by atoms with Gasteiger partial charge in [-0.05, 0) is 34.0 Å². The van der Waals surface area contributed by atoms with Crippen molar-refractivity contribution in [2.75, 3.05) is 0 Å². The fraction of sp³-hybridized carbons (Fsp3) is 0. The summed E-state index contributed by atoms with van der Waals surface area (Å²) < 4.78 is 11.6. The lowest BCUT2D eigenvalue weighted by molar-refractivity contribution is 0.387. The van der Waals surface area contributed by atoms with Gasteiger partial charge < -0.3 is 9.79 Å². The fourth-order valence-electron chi connectivity index (χ4n) is 2.33. The normalized spacial score (nSPS) is 11.7. The Hall–Kier alpha value is -1.93. The molecule has 2 N–H and O–H groups in total. The Balaban J connectivity index is 2.23. The van der Waals surface area contributed by atoms with Crippen molar-refractivity contribution in [2.45, 2.75) is 0 Å². The van der Waals surface area contributed by atoms with Crippen LogP contribution in [0.5, 0.6) is 0 Å². The molecule has 0 saturated carbocycles. The lowest BCUT2D eigenvalue weighted by Gasteiger charge is -2.11. The Bertz CT molecular complexity index is 821. The third kappa shape index (κ3) is 2.39. The molecular formula is C16H13O3P. The molecule has 0 saturated heterocycles. The summed E-state index contributed by atoms with van der Waals surface area (Å²) in [4.78, 5) is 18.9. The summed E-state index contributed by atoms with van der Waals surface area (Å²) in [5.74, 6) is 0. The molecule has 3 rings (SSSR count). The lowest BCUT2D eigenvalue weighted by atomic mass is 10.0. The van der Waals surface area contributed by atoms with E-state index in [2.05, 4.69) is 0 Å². The quantitative estimate of drug-likeness (QED) is 0.710. The molecule has 0 bridgehead atoms. The molecule has 0 fully saturated rings. The van der Waals surface area contributed by atoms with Crippen LogP contribution in [-0.2, 0) is 4.57 Å². The van der Waals surface area contributed by atoms with Crippen molar-refractivity contribution in [2.24, 2.45) is 0 Å². The first-order valence-corrected chi connectivity index (χ1v) is 7.81. The molecule has 0 amide bonds. The van der Waals surface area contributed by atoms with Crippen LogP contribution in [0.25, 0.3) is 21.9 Å². The molecule has 0 aliphatic carbocycles. The smallest absolute Gasteiger partial charge is 0.321 e. The summed E-state index contributed by atoms with van der Waals surface area (Å²) in [6, 6.07) is 20.3. The Morgan fingerprint density at radius 2 is 1.40 bits per heavy atom. The van der Waals surface area contributed by atoms with Crippen LogP contribution in [0.1, 0.15) is 0 Å². The predicted octanol–water partition coefficient (Wildman–Crippen LogP) is 3.31. The summed E-state index contributed by atoms with van der Waals surface area (Å²) in [6.07, 6.45) is 0. The third-order valence-corrected chi connectivity index (χ3v) is 4.30. The molecular weight excluding hydrogens is 271 g/mol. The van der Waals surface area contributed by atoms with Crippen LogP contribution in [0, 0.1) is 0 Å². The molecule has 100 valence electrons. The van der Waals surface area contributed by atoms with Crippen LogP contribution in [0.3, 0.4) is 0 Å². The first-order valence-electron chi connectivity index (χ1n) is 6.20.